The Morgan fingerprint density at radius 3 is 2.21 bits per heavy atom. The molecule has 1 aromatic rings. The molecule has 1 aromatic carbocycles. The van der Waals surface area contributed by atoms with E-state index in [0.29, 0.717) is 17.4 Å². The lowest BCUT2D eigenvalue weighted by Crippen LogP contribution is -2.36. The van der Waals surface area contributed by atoms with Crippen LogP contribution >= 0.6 is 0 Å². The molecule has 108 valence electrons. The molecular formula is C14H23NO3S. The van der Waals surface area contributed by atoms with Crippen molar-refractivity contribution in [1.82, 2.24) is 5.32 Å². The zero-order chi connectivity index (χ0) is 14.5. The standard InChI is InChI=1S/C14H23NO3S/c1-11(2)12-5-7-14(8-6-12)19(16,17)10-13(15-3)9-18-4/h5-8,11,13,15H,9-10H2,1-4H3. The normalized spacial score (nSPS) is 13.7. The maximum atomic E-state index is 12.3. The molecule has 0 saturated heterocycles. The molecular weight excluding hydrogens is 262 g/mol. The first-order chi connectivity index (χ1) is 8.90. The van der Waals surface area contributed by atoms with Gasteiger partial charge in [0.05, 0.1) is 17.3 Å². The van der Waals surface area contributed by atoms with E-state index in [1.54, 1.807) is 26.3 Å². The van der Waals surface area contributed by atoms with Crippen molar-refractivity contribution in [2.24, 2.45) is 0 Å². The first-order valence-electron chi connectivity index (χ1n) is 6.39. The van der Waals surface area contributed by atoms with E-state index in [2.05, 4.69) is 19.2 Å². The molecule has 0 aliphatic heterocycles. The van der Waals surface area contributed by atoms with Crippen LogP contribution in [-0.2, 0) is 14.6 Å². The van der Waals surface area contributed by atoms with Crippen LogP contribution in [-0.4, -0.2) is 41.0 Å². The zero-order valence-electron chi connectivity index (χ0n) is 12.0. The van der Waals surface area contributed by atoms with Crippen molar-refractivity contribution in [1.29, 1.82) is 0 Å². The summed E-state index contributed by atoms with van der Waals surface area (Å²) >= 11 is 0. The summed E-state index contributed by atoms with van der Waals surface area (Å²) in [6.45, 7) is 4.54. The van der Waals surface area contributed by atoms with Crippen molar-refractivity contribution in [3.63, 3.8) is 0 Å². The maximum absolute atomic E-state index is 12.3. The predicted molar refractivity (Wildman–Crippen MR) is 77.3 cm³/mol. The van der Waals surface area contributed by atoms with Gasteiger partial charge in [-0.05, 0) is 30.7 Å². The van der Waals surface area contributed by atoms with Gasteiger partial charge in [0.2, 0.25) is 0 Å². The van der Waals surface area contributed by atoms with Crippen LogP contribution in [0.1, 0.15) is 25.3 Å². The topological polar surface area (TPSA) is 55.4 Å². The molecule has 1 unspecified atom stereocenters. The number of hydrogen-bond acceptors (Lipinski definition) is 4. The Labute approximate surface area is 116 Å². The molecule has 0 bridgehead atoms. The van der Waals surface area contributed by atoms with Crippen molar-refractivity contribution in [3.8, 4) is 0 Å². The number of rotatable bonds is 7. The molecule has 0 fully saturated rings. The van der Waals surface area contributed by atoms with Crippen molar-refractivity contribution in [2.45, 2.75) is 30.7 Å². The van der Waals surface area contributed by atoms with Crippen LogP contribution in [0.4, 0.5) is 0 Å². The van der Waals surface area contributed by atoms with Gasteiger partial charge in [0.1, 0.15) is 0 Å². The molecule has 1 rings (SSSR count). The number of benzene rings is 1. The fraction of sp³-hybridized carbons (Fsp3) is 0.571. The lowest BCUT2D eigenvalue weighted by Gasteiger charge is -2.15. The number of methoxy groups -OCH3 is 1. The molecule has 1 N–H and O–H groups in total. The highest BCUT2D eigenvalue weighted by Crippen LogP contribution is 2.18. The Morgan fingerprint density at radius 1 is 1.21 bits per heavy atom. The Morgan fingerprint density at radius 2 is 1.79 bits per heavy atom. The molecule has 0 spiro atoms. The highest BCUT2D eigenvalue weighted by atomic mass is 32.2. The van der Waals surface area contributed by atoms with Crippen LogP contribution in [0.5, 0.6) is 0 Å². The molecule has 0 saturated carbocycles. The van der Waals surface area contributed by atoms with Crippen molar-refractivity contribution >= 4 is 9.84 Å². The Kier molecular flexibility index (Phi) is 5.97. The molecule has 0 amide bonds. The van der Waals surface area contributed by atoms with Crippen molar-refractivity contribution in [3.05, 3.63) is 29.8 Å². The van der Waals surface area contributed by atoms with Crippen LogP contribution in [0.3, 0.4) is 0 Å². The Hall–Kier alpha value is -0.910. The van der Waals surface area contributed by atoms with Crippen molar-refractivity contribution < 1.29 is 13.2 Å². The van der Waals surface area contributed by atoms with Gasteiger partial charge < -0.3 is 10.1 Å². The predicted octanol–water partition coefficient (Wildman–Crippen LogP) is 1.82. The van der Waals surface area contributed by atoms with E-state index >= 15 is 0 Å². The van der Waals surface area contributed by atoms with E-state index in [1.165, 1.54) is 0 Å². The number of hydrogen-bond donors (Lipinski definition) is 1. The van der Waals surface area contributed by atoms with Crippen LogP contribution in [0.25, 0.3) is 0 Å². The van der Waals surface area contributed by atoms with E-state index in [0.717, 1.165) is 5.56 Å². The van der Waals surface area contributed by atoms with Gasteiger partial charge in [-0.1, -0.05) is 26.0 Å². The summed E-state index contributed by atoms with van der Waals surface area (Å²) < 4.78 is 29.5. The SMILES string of the molecule is CNC(COC)CS(=O)(=O)c1ccc(C(C)C)cc1. The maximum Gasteiger partial charge on any atom is 0.179 e. The van der Waals surface area contributed by atoms with E-state index in [9.17, 15) is 8.42 Å². The number of sulfone groups is 1. The fourth-order valence-electron chi connectivity index (χ4n) is 1.84. The Balaban J connectivity index is 2.87. The van der Waals surface area contributed by atoms with Gasteiger partial charge in [0.15, 0.2) is 9.84 Å². The Bertz CT molecular complexity index is 480. The first kappa shape index (κ1) is 16.1. The molecule has 4 nitrogen and oxygen atoms in total. The summed E-state index contributed by atoms with van der Waals surface area (Å²) in [6, 6.07) is 6.93. The minimum atomic E-state index is -3.28. The second-order valence-electron chi connectivity index (χ2n) is 4.95. The summed E-state index contributed by atoms with van der Waals surface area (Å²) in [6.07, 6.45) is 0. The highest BCUT2D eigenvalue weighted by molar-refractivity contribution is 7.91. The molecule has 0 heterocycles. The molecule has 5 heteroatoms. The molecule has 0 aliphatic rings. The van der Waals surface area contributed by atoms with Crippen molar-refractivity contribution in [2.75, 3.05) is 26.5 Å². The fourth-order valence-corrected chi connectivity index (χ4v) is 3.37. The van der Waals surface area contributed by atoms with Gasteiger partial charge in [-0.15, -0.1) is 0 Å². The number of ether oxygens (including phenoxy) is 1. The summed E-state index contributed by atoms with van der Waals surface area (Å²) in [5, 5.41) is 2.95. The molecule has 0 aromatic heterocycles. The van der Waals surface area contributed by atoms with Gasteiger partial charge in [0, 0.05) is 13.2 Å². The van der Waals surface area contributed by atoms with Gasteiger partial charge in [-0.25, -0.2) is 8.42 Å². The summed E-state index contributed by atoms with van der Waals surface area (Å²) in [5.41, 5.74) is 1.14. The third kappa shape index (κ3) is 4.60. The van der Waals surface area contributed by atoms with E-state index in [4.69, 9.17) is 4.74 Å². The summed E-state index contributed by atoms with van der Waals surface area (Å²) in [7, 11) is 0.0223. The van der Waals surface area contributed by atoms with E-state index < -0.39 is 9.84 Å². The average Bonchev–Trinajstić information content (AvgIpc) is 2.38. The van der Waals surface area contributed by atoms with Gasteiger partial charge in [-0.2, -0.15) is 0 Å². The molecule has 0 aliphatic carbocycles. The lowest BCUT2D eigenvalue weighted by molar-refractivity contribution is 0.176. The highest BCUT2D eigenvalue weighted by Gasteiger charge is 2.20. The van der Waals surface area contributed by atoms with Crippen LogP contribution in [0, 0.1) is 0 Å². The number of likely N-dealkylation sites (N-methyl/N-ethyl adjacent to an activating group) is 1. The first-order valence-corrected chi connectivity index (χ1v) is 8.05. The molecule has 0 radical (unpaired) electrons. The smallest absolute Gasteiger partial charge is 0.179 e. The average molecular weight is 285 g/mol. The summed E-state index contributed by atoms with van der Waals surface area (Å²) in [4.78, 5) is 0.369. The lowest BCUT2D eigenvalue weighted by atomic mass is 10.0. The van der Waals surface area contributed by atoms with Crippen LogP contribution in [0.2, 0.25) is 0 Å². The monoisotopic (exact) mass is 285 g/mol. The van der Waals surface area contributed by atoms with E-state index in [-0.39, 0.29) is 11.8 Å². The van der Waals surface area contributed by atoms with Crippen LogP contribution < -0.4 is 5.32 Å². The van der Waals surface area contributed by atoms with Gasteiger partial charge >= 0.3 is 0 Å². The molecule has 19 heavy (non-hydrogen) atoms. The minimum Gasteiger partial charge on any atom is -0.383 e. The summed E-state index contributed by atoms with van der Waals surface area (Å²) in [5.74, 6) is 0.438. The second kappa shape index (κ2) is 7.03. The second-order valence-corrected chi connectivity index (χ2v) is 6.98. The quantitative estimate of drug-likeness (QED) is 0.830. The van der Waals surface area contributed by atoms with Crippen LogP contribution in [0.15, 0.2) is 29.2 Å². The minimum absolute atomic E-state index is 0.0400. The zero-order valence-corrected chi connectivity index (χ0v) is 12.8. The number of nitrogens with one attached hydrogen (secondary N) is 1. The third-order valence-corrected chi connectivity index (χ3v) is 4.93. The van der Waals surface area contributed by atoms with Gasteiger partial charge in [0.25, 0.3) is 0 Å². The van der Waals surface area contributed by atoms with Gasteiger partial charge in [-0.3, -0.25) is 0 Å². The largest absolute Gasteiger partial charge is 0.383 e. The third-order valence-electron chi connectivity index (χ3n) is 3.10. The van der Waals surface area contributed by atoms with E-state index in [1.807, 2.05) is 12.1 Å². The molecule has 1 atom stereocenters.